The molecule has 0 spiro atoms. The Morgan fingerprint density at radius 2 is 1.76 bits per heavy atom. The lowest BCUT2D eigenvalue weighted by atomic mass is 9.91. The molecule has 1 aliphatic rings. The van der Waals surface area contributed by atoms with E-state index in [2.05, 4.69) is 11.9 Å². The maximum Gasteiger partial charge on any atom is 0.355 e. The number of benzene rings is 2. The summed E-state index contributed by atoms with van der Waals surface area (Å²) in [6, 6.07) is 11.2. The number of esters is 1. The Hall–Kier alpha value is -3.82. The van der Waals surface area contributed by atoms with Crippen molar-refractivity contribution in [3.63, 3.8) is 0 Å². The molecule has 0 atom stereocenters. The quantitative estimate of drug-likeness (QED) is 0.278. The van der Waals surface area contributed by atoms with Crippen molar-refractivity contribution in [1.82, 2.24) is 9.88 Å². The number of hydrogen-bond donors (Lipinski definition) is 1. The fraction of sp³-hybridized carbons (Fsp3) is 0.286. The van der Waals surface area contributed by atoms with Gasteiger partial charge in [0.25, 0.3) is 0 Å². The van der Waals surface area contributed by atoms with Crippen LogP contribution in [0.2, 0.25) is 0 Å². The minimum atomic E-state index is -0.499. The number of rotatable bonds is 6. The summed E-state index contributed by atoms with van der Waals surface area (Å²) in [5.74, 6) is 1.58. The monoisotopic (exact) mass is 519 g/mol. The van der Waals surface area contributed by atoms with Crippen LogP contribution in [-0.4, -0.2) is 50.8 Å². The number of carbonyl (C=O) groups excluding carboxylic acids is 1. The fourth-order valence-corrected chi connectivity index (χ4v) is 5.77. The van der Waals surface area contributed by atoms with Crippen molar-refractivity contribution >= 4 is 33.2 Å². The van der Waals surface area contributed by atoms with Crippen molar-refractivity contribution in [2.45, 2.75) is 19.9 Å². The van der Waals surface area contributed by atoms with Gasteiger partial charge >= 0.3 is 5.97 Å². The van der Waals surface area contributed by atoms with Gasteiger partial charge in [0.2, 0.25) is 5.75 Å². The number of methoxy groups -OCH3 is 3. The Bertz CT molecular complexity index is 1490. The first kappa shape index (κ1) is 24.9. The molecule has 0 fully saturated rings. The van der Waals surface area contributed by atoms with Crippen LogP contribution in [0.3, 0.4) is 0 Å². The van der Waals surface area contributed by atoms with E-state index in [1.165, 1.54) is 11.3 Å². The Morgan fingerprint density at radius 3 is 2.41 bits per heavy atom. The smallest absolute Gasteiger partial charge is 0.355 e. The van der Waals surface area contributed by atoms with Gasteiger partial charge in [-0.1, -0.05) is 18.2 Å². The number of nitrogens with zero attached hydrogens (tertiary/aromatic N) is 2. The number of likely N-dealkylation sites (N-methyl/N-ethyl adjacent to an activating group) is 1. The van der Waals surface area contributed by atoms with E-state index in [9.17, 15) is 4.79 Å². The summed E-state index contributed by atoms with van der Waals surface area (Å²) in [5.41, 5.74) is 11.7. The molecule has 4 aromatic rings. The van der Waals surface area contributed by atoms with E-state index in [0.717, 1.165) is 46.3 Å². The molecule has 37 heavy (non-hydrogen) atoms. The molecule has 0 saturated heterocycles. The molecule has 0 saturated carbocycles. The van der Waals surface area contributed by atoms with Gasteiger partial charge in [-0.3, -0.25) is 0 Å². The maximum absolute atomic E-state index is 13.3. The van der Waals surface area contributed by atoms with E-state index < -0.39 is 5.97 Å². The molecule has 0 bridgehead atoms. The third-order valence-corrected chi connectivity index (χ3v) is 7.74. The number of nitrogens with two attached hydrogens (primary N) is 1. The summed E-state index contributed by atoms with van der Waals surface area (Å²) in [4.78, 5) is 21.5. The highest BCUT2D eigenvalue weighted by molar-refractivity contribution is 7.21. The molecule has 2 aromatic heterocycles. The topological polar surface area (TPSA) is 96.1 Å². The zero-order chi connectivity index (χ0) is 26.3. The number of para-hydroxylation sites is 1. The zero-order valence-electron chi connectivity index (χ0n) is 21.5. The number of pyridine rings is 1. The fourth-order valence-electron chi connectivity index (χ4n) is 4.77. The summed E-state index contributed by atoms with van der Waals surface area (Å²) < 4.78 is 22.5. The number of thiophene rings is 1. The Balaban J connectivity index is 1.74. The second kappa shape index (κ2) is 9.91. The lowest BCUT2D eigenvalue weighted by molar-refractivity contribution is 0.0739. The molecule has 0 radical (unpaired) electrons. The molecule has 192 valence electrons. The van der Waals surface area contributed by atoms with E-state index in [-0.39, 0.29) is 0 Å². The number of nitrogen functional groups attached to an aromatic ring is 1. The van der Waals surface area contributed by atoms with Crippen LogP contribution >= 0.6 is 11.3 Å². The van der Waals surface area contributed by atoms with Gasteiger partial charge in [-0.05, 0) is 48.9 Å². The normalized spacial score (nSPS) is 13.3. The first-order chi connectivity index (χ1) is 17.9. The van der Waals surface area contributed by atoms with E-state index in [4.69, 9.17) is 29.7 Å². The number of aromatic nitrogens is 1. The average Bonchev–Trinajstić information content (AvgIpc) is 3.23. The average molecular weight is 520 g/mol. The summed E-state index contributed by atoms with van der Waals surface area (Å²) in [6.45, 7) is 3.48. The maximum atomic E-state index is 13.3. The number of ether oxygens (including phenoxy) is 4. The molecule has 0 aliphatic carbocycles. The van der Waals surface area contributed by atoms with Crippen LogP contribution in [0.1, 0.15) is 26.5 Å². The van der Waals surface area contributed by atoms with Gasteiger partial charge in [-0.15, -0.1) is 11.3 Å². The van der Waals surface area contributed by atoms with Crippen LogP contribution in [0.4, 0.5) is 5.69 Å². The van der Waals surface area contributed by atoms with Crippen molar-refractivity contribution in [3.8, 4) is 34.1 Å². The van der Waals surface area contributed by atoms with Crippen molar-refractivity contribution in [2.24, 2.45) is 0 Å². The third-order valence-electron chi connectivity index (χ3n) is 6.66. The molecule has 0 unspecified atom stereocenters. The number of fused-ring (bicyclic) bond motifs is 2. The highest BCUT2D eigenvalue weighted by atomic mass is 32.1. The van der Waals surface area contributed by atoms with Gasteiger partial charge < -0.3 is 29.6 Å². The predicted molar refractivity (Wildman–Crippen MR) is 145 cm³/mol. The van der Waals surface area contributed by atoms with Gasteiger partial charge in [0.1, 0.15) is 15.5 Å². The van der Waals surface area contributed by atoms with E-state index in [1.807, 2.05) is 37.3 Å². The van der Waals surface area contributed by atoms with E-state index in [1.54, 1.807) is 27.4 Å². The molecule has 2 N–H and O–H groups in total. The lowest BCUT2D eigenvalue weighted by Crippen LogP contribution is -2.28. The summed E-state index contributed by atoms with van der Waals surface area (Å²) in [7, 11) is 6.83. The first-order valence-corrected chi connectivity index (χ1v) is 12.7. The van der Waals surface area contributed by atoms with Crippen molar-refractivity contribution in [2.75, 3.05) is 40.7 Å². The minimum Gasteiger partial charge on any atom is -0.493 e. The highest BCUT2D eigenvalue weighted by Crippen LogP contribution is 2.47. The van der Waals surface area contributed by atoms with Crippen molar-refractivity contribution < 1.29 is 23.7 Å². The van der Waals surface area contributed by atoms with Crippen LogP contribution in [0.25, 0.3) is 21.3 Å². The van der Waals surface area contributed by atoms with Gasteiger partial charge in [0, 0.05) is 36.2 Å². The van der Waals surface area contributed by atoms with Crippen LogP contribution in [0.5, 0.6) is 23.0 Å². The number of hydrogen-bond acceptors (Lipinski definition) is 9. The zero-order valence-corrected chi connectivity index (χ0v) is 22.3. The molecule has 0 amide bonds. The van der Waals surface area contributed by atoms with Crippen LogP contribution in [0.15, 0.2) is 36.4 Å². The van der Waals surface area contributed by atoms with Gasteiger partial charge in [0.05, 0.1) is 27.0 Å². The first-order valence-electron chi connectivity index (χ1n) is 11.9. The molecule has 5 rings (SSSR count). The molecule has 3 heterocycles. The molecule has 1 aliphatic heterocycles. The van der Waals surface area contributed by atoms with Crippen molar-refractivity contribution in [3.05, 3.63) is 58.1 Å². The Morgan fingerprint density at radius 1 is 1.05 bits per heavy atom. The van der Waals surface area contributed by atoms with Crippen LogP contribution < -0.4 is 24.7 Å². The number of aryl methyl sites for hydroxylation is 1. The number of anilines is 1. The second-order valence-corrected chi connectivity index (χ2v) is 9.99. The van der Waals surface area contributed by atoms with Gasteiger partial charge in [-0.25, -0.2) is 9.78 Å². The summed E-state index contributed by atoms with van der Waals surface area (Å²) >= 11 is 1.26. The van der Waals surface area contributed by atoms with Crippen LogP contribution in [0, 0.1) is 6.92 Å². The third kappa shape index (κ3) is 4.34. The Labute approximate surface area is 219 Å². The Kier molecular flexibility index (Phi) is 6.66. The molecular weight excluding hydrogens is 490 g/mol. The van der Waals surface area contributed by atoms with E-state index >= 15 is 0 Å². The highest BCUT2D eigenvalue weighted by Gasteiger charge is 2.29. The van der Waals surface area contributed by atoms with Gasteiger partial charge in [-0.2, -0.15) is 0 Å². The molecule has 8 nitrogen and oxygen atoms in total. The predicted octanol–water partition coefficient (Wildman–Crippen LogP) is 5.09. The second-order valence-electron chi connectivity index (χ2n) is 8.99. The SMILES string of the molecule is COc1cc(-c2c3c(nc4sc(C(=O)Oc5ccccc5C)c(N)c24)CCN(C)C3)cc(OC)c1OC. The molecular formula is C28H29N3O5S. The number of carbonyl (C=O) groups is 1. The molecule has 2 aromatic carbocycles. The largest absolute Gasteiger partial charge is 0.493 e. The lowest BCUT2D eigenvalue weighted by Gasteiger charge is -2.27. The molecule has 9 heteroatoms. The standard InChI is InChI=1S/C28H29N3O5S/c1-15-8-6-7-9-19(15)36-28(32)26-24(29)23-22(16-12-20(33-3)25(35-5)21(13-16)34-4)17-14-31(2)11-10-18(17)30-27(23)37-26/h6-9,12-13H,10-11,14,29H2,1-5H3. The minimum absolute atomic E-state index is 0.329. The van der Waals surface area contributed by atoms with Gasteiger partial charge in [0.15, 0.2) is 11.5 Å². The summed E-state index contributed by atoms with van der Waals surface area (Å²) in [5, 5.41) is 0.727. The summed E-state index contributed by atoms with van der Waals surface area (Å²) in [6.07, 6.45) is 0.792. The van der Waals surface area contributed by atoms with Crippen LogP contribution in [-0.2, 0) is 13.0 Å². The van der Waals surface area contributed by atoms with E-state index in [0.29, 0.717) is 44.9 Å². The van der Waals surface area contributed by atoms with Crippen molar-refractivity contribution in [1.29, 1.82) is 0 Å².